The monoisotopic (exact) mass is 674 g/mol. The van der Waals surface area contributed by atoms with Gasteiger partial charge in [-0.25, -0.2) is 0 Å². The zero-order valence-corrected chi connectivity index (χ0v) is 27.7. The Kier molecular flexibility index (Phi) is 11.6. The molecule has 2 aliphatic rings. The number of phenols is 1. The number of nitrogens with zero attached hydrogens (tertiary/aromatic N) is 2. The van der Waals surface area contributed by atoms with Gasteiger partial charge in [0.15, 0.2) is 18.2 Å². The van der Waals surface area contributed by atoms with Crippen LogP contribution in [0, 0.1) is 0 Å². The number of methoxy groups -OCH3 is 1. The first-order valence-electron chi connectivity index (χ1n) is 16.7. The number of carbonyl (C=O) groups excluding carboxylic acids is 2. The highest BCUT2D eigenvalue weighted by molar-refractivity contribution is 6.11. The van der Waals surface area contributed by atoms with Crippen LogP contribution in [-0.2, 0) is 32.0 Å². The van der Waals surface area contributed by atoms with Gasteiger partial charge >= 0.3 is 5.97 Å². The first-order valence-corrected chi connectivity index (χ1v) is 16.7. The van der Waals surface area contributed by atoms with Crippen molar-refractivity contribution in [3.63, 3.8) is 0 Å². The molecule has 1 N–H and O–H groups in total. The van der Waals surface area contributed by atoms with Crippen LogP contribution in [0.4, 0.5) is 0 Å². The number of morpholine rings is 1. The molecule has 2 fully saturated rings. The van der Waals surface area contributed by atoms with Gasteiger partial charge in [0.05, 0.1) is 30.3 Å². The van der Waals surface area contributed by atoms with Gasteiger partial charge in [0.2, 0.25) is 0 Å². The van der Waals surface area contributed by atoms with E-state index in [-0.39, 0.29) is 55.4 Å². The van der Waals surface area contributed by atoms with E-state index in [4.69, 9.17) is 32.9 Å². The molecule has 49 heavy (non-hydrogen) atoms. The lowest BCUT2D eigenvalue weighted by molar-refractivity contribution is -0.144. The molecule has 0 unspecified atom stereocenters. The second-order valence-electron chi connectivity index (χ2n) is 12.2. The molecular formula is C37H42N2O10. The lowest BCUT2D eigenvalue weighted by atomic mass is 9.98. The summed E-state index contributed by atoms with van der Waals surface area (Å²) in [5.74, 6) is 0.557. The fourth-order valence-electron chi connectivity index (χ4n) is 6.04. The summed E-state index contributed by atoms with van der Waals surface area (Å²) in [6.07, 6.45) is 4.75. The number of benzene rings is 3. The van der Waals surface area contributed by atoms with Crippen molar-refractivity contribution in [1.29, 1.82) is 0 Å². The molecule has 0 atom stereocenters. The number of ether oxygens (including phenoxy) is 6. The van der Waals surface area contributed by atoms with E-state index >= 15 is 0 Å². The number of fused-ring (bicyclic) bond motifs is 1. The van der Waals surface area contributed by atoms with Gasteiger partial charge in [-0.15, -0.1) is 0 Å². The molecule has 1 saturated heterocycles. The molecule has 0 bridgehead atoms. The molecule has 12 heteroatoms. The highest BCUT2D eigenvalue weighted by atomic mass is 16.7. The minimum atomic E-state index is -0.354. The third-order valence-electron chi connectivity index (χ3n) is 8.73. The van der Waals surface area contributed by atoms with Gasteiger partial charge in [-0.1, -0.05) is 6.07 Å². The highest BCUT2D eigenvalue weighted by Gasteiger charge is 2.21. The number of carbonyl (C=O) groups is 2. The molecule has 0 spiro atoms. The van der Waals surface area contributed by atoms with Crippen LogP contribution < -0.4 is 14.2 Å². The van der Waals surface area contributed by atoms with E-state index in [0.717, 1.165) is 44.3 Å². The Labute approximate surface area is 284 Å². The van der Waals surface area contributed by atoms with E-state index in [1.165, 1.54) is 13.2 Å². The SMILES string of the molecule is COCOc1noc2cc(COc3ccc(C(=O)c4ccc(OC5CCCC5)cc4O)cc3CCC(=O)OCCN3CCOCC3)ccc12. The fraction of sp³-hybridized carbons (Fsp3) is 0.432. The smallest absolute Gasteiger partial charge is 0.306 e. The summed E-state index contributed by atoms with van der Waals surface area (Å²) in [5.41, 5.74) is 2.53. The first-order chi connectivity index (χ1) is 24.0. The largest absolute Gasteiger partial charge is 0.507 e. The zero-order valence-electron chi connectivity index (χ0n) is 27.7. The van der Waals surface area contributed by atoms with Crippen LogP contribution in [0.25, 0.3) is 11.0 Å². The van der Waals surface area contributed by atoms with Crippen molar-refractivity contribution in [3.8, 4) is 23.1 Å². The molecule has 0 amide bonds. The minimum absolute atomic E-state index is 0.0505. The van der Waals surface area contributed by atoms with Gasteiger partial charge in [-0.3, -0.25) is 14.5 Å². The van der Waals surface area contributed by atoms with E-state index in [2.05, 4.69) is 10.1 Å². The maximum absolute atomic E-state index is 13.6. The maximum atomic E-state index is 13.6. The molecule has 3 aromatic carbocycles. The van der Waals surface area contributed by atoms with Crippen LogP contribution in [0.3, 0.4) is 0 Å². The molecule has 1 aromatic heterocycles. The second kappa shape index (κ2) is 16.6. The van der Waals surface area contributed by atoms with E-state index in [0.29, 0.717) is 65.8 Å². The van der Waals surface area contributed by atoms with Gasteiger partial charge in [0, 0.05) is 44.8 Å². The quantitative estimate of drug-likeness (QED) is 0.0918. The summed E-state index contributed by atoms with van der Waals surface area (Å²) in [6, 6.07) is 15.4. The Bertz CT molecular complexity index is 1730. The second-order valence-corrected chi connectivity index (χ2v) is 12.2. The van der Waals surface area contributed by atoms with E-state index < -0.39 is 0 Å². The average Bonchev–Trinajstić information content (AvgIpc) is 3.79. The summed E-state index contributed by atoms with van der Waals surface area (Å²) in [6.45, 7) is 4.18. The van der Waals surface area contributed by atoms with Crippen molar-refractivity contribution in [1.82, 2.24) is 10.1 Å². The van der Waals surface area contributed by atoms with Crippen molar-refractivity contribution >= 4 is 22.7 Å². The van der Waals surface area contributed by atoms with Crippen LogP contribution in [0.15, 0.2) is 59.1 Å². The molecular weight excluding hydrogens is 632 g/mol. The van der Waals surface area contributed by atoms with E-state index in [9.17, 15) is 14.7 Å². The topological polar surface area (TPSA) is 139 Å². The van der Waals surface area contributed by atoms with Crippen molar-refractivity contribution in [2.45, 2.75) is 51.2 Å². The van der Waals surface area contributed by atoms with Crippen molar-refractivity contribution in [2.75, 3.05) is 53.4 Å². The number of hydrogen-bond donors (Lipinski definition) is 1. The standard InChI is InChI=1S/C37H42N2O10/c1-43-24-47-37-31-10-6-25(20-34(31)49-38-37)23-46-33-12-7-27(21-26(33)8-13-35(41)45-19-16-39-14-17-44-18-15-39)36(42)30-11-9-29(22-32(30)40)48-28-4-2-3-5-28/h6-7,9-12,20-22,28,40H,2-5,8,13-19,23-24H2,1H3. The number of hydrogen-bond acceptors (Lipinski definition) is 12. The summed E-state index contributed by atoms with van der Waals surface area (Å²) >= 11 is 0. The van der Waals surface area contributed by atoms with Crippen LogP contribution in [0.1, 0.15) is 59.2 Å². The number of phenolic OH excluding ortho intramolecular Hbond substituents is 1. The minimum Gasteiger partial charge on any atom is -0.507 e. The average molecular weight is 675 g/mol. The van der Waals surface area contributed by atoms with Crippen LogP contribution in [0.5, 0.6) is 23.1 Å². The van der Waals surface area contributed by atoms with Gasteiger partial charge < -0.3 is 38.1 Å². The Morgan fingerprint density at radius 3 is 2.63 bits per heavy atom. The zero-order chi connectivity index (χ0) is 34.0. The molecule has 260 valence electrons. The molecule has 12 nitrogen and oxygen atoms in total. The summed E-state index contributed by atoms with van der Waals surface area (Å²) in [7, 11) is 1.53. The predicted octanol–water partition coefficient (Wildman–Crippen LogP) is 5.46. The highest BCUT2D eigenvalue weighted by Crippen LogP contribution is 2.32. The Morgan fingerprint density at radius 2 is 1.84 bits per heavy atom. The number of ketones is 1. The molecule has 4 aromatic rings. The number of rotatable bonds is 16. The molecule has 1 aliphatic heterocycles. The fourth-order valence-corrected chi connectivity index (χ4v) is 6.04. The van der Waals surface area contributed by atoms with Crippen molar-refractivity contribution in [2.24, 2.45) is 0 Å². The molecule has 1 saturated carbocycles. The lowest BCUT2D eigenvalue weighted by Crippen LogP contribution is -2.38. The Balaban J connectivity index is 1.15. The first kappa shape index (κ1) is 34.2. The van der Waals surface area contributed by atoms with Gasteiger partial charge in [-0.2, -0.15) is 0 Å². The Morgan fingerprint density at radius 1 is 1.00 bits per heavy atom. The number of esters is 1. The Hall–Kier alpha value is -4.65. The number of aryl methyl sites for hydroxylation is 1. The van der Waals surface area contributed by atoms with Gasteiger partial charge in [0.25, 0.3) is 5.88 Å². The van der Waals surface area contributed by atoms with Crippen molar-refractivity contribution < 1.29 is 47.6 Å². The number of aromatic nitrogens is 1. The van der Waals surface area contributed by atoms with Crippen molar-refractivity contribution in [3.05, 3.63) is 76.9 Å². The van der Waals surface area contributed by atoms with E-state index in [1.54, 1.807) is 30.3 Å². The molecule has 6 rings (SSSR count). The molecule has 1 aliphatic carbocycles. The van der Waals surface area contributed by atoms with Crippen LogP contribution in [0.2, 0.25) is 0 Å². The van der Waals surface area contributed by atoms with Gasteiger partial charge in [0.1, 0.15) is 30.5 Å². The summed E-state index contributed by atoms with van der Waals surface area (Å²) < 4.78 is 38.9. The van der Waals surface area contributed by atoms with Gasteiger partial charge in [-0.05, 0) is 90.9 Å². The number of aromatic hydroxyl groups is 1. The third-order valence-corrected chi connectivity index (χ3v) is 8.73. The van der Waals surface area contributed by atoms with Crippen LogP contribution in [-0.4, -0.2) is 86.4 Å². The van der Waals surface area contributed by atoms with Crippen LogP contribution >= 0.6 is 0 Å². The third kappa shape index (κ3) is 9.08. The maximum Gasteiger partial charge on any atom is 0.306 e. The predicted molar refractivity (Wildman–Crippen MR) is 178 cm³/mol. The normalized spacial score (nSPS) is 15.4. The summed E-state index contributed by atoms with van der Waals surface area (Å²) in [5, 5.41) is 15.4. The lowest BCUT2D eigenvalue weighted by Gasteiger charge is -2.26. The molecule has 2 heterocycles. The molecule has 0 radical (unpaired) electrons. The van der Waals surface area contributed by atoms with E-state index in [1.807, 2.05) is 18.2 Å². The summed E-state index contributed by atoms with van der Waals surface area (Å²) in [4.78, 5) is 28.5.